The Kier molecular flexibility index (Phi) is 4.86. The first kappa shape index (κ1) is 12.3. The zero-order valence-electron chi connectivity index (χ0n) is 8.10. The molecule has 1 aromatic carbocycles. The molecule has 1 amide bonds. The summed E-state index contributed by atoms with van der Waals surface area (Å²) in [5, 5.41) is 2.61. The van der Waals surface area contributed by atoms with Crippen molar-refractivity contribution < 1.29 is 4.79 Å². The minimum absolute atomic E-state index is 0.0717. The maximum absolute atomic E-state index is 10.6. The molecule has 0 aliphatic carbocycles. The number of benzene rings is 1. The van der Waals surface area contributed by atoms with Crippen LogP contribution in [0.3, 0.4) is 0 Å². The normalized spacial score (nSPS) is 9.00. The van der Waals surface area contributed by atoms with E-state index in [0.29, 0.717) is 6.54 Å². The first-order valence-corrected chi connectivity index (χ1v) is 5.86. The van der Waals surface area contributed by atoms with Gasteiger partial charge in [0.1, 0.15) is 0 Å². The minimum atomic E-state index is -0.0717. The van der Waals surface area contributed by atoms with Gasteiger partial charge in [-0.2, -0.15) is 0 Å². The Morgan fingerprint density at radius 2 is 2.20 bits per heavy atom. The van der Waals surface area contributed by atoms with Crippen LogP contribution < -0.4 is 5.32 Å². The summed E-state index contributed by atoms with van der Waals surface area (Å²) in [5.74, 6) is 5.76. The van der Waals surface area contributed by atoms with Gasteiger partial charge >= 0.3 is 0 Å². The molecule has 0 atom stereocenters. The zero-order chi connectivity index (χ0) is 11.3. The van der Waals surface area contributed by atoms with E-state index < -0.39 is 0 Å². The van der Waals surface area contributed by atoms with Gasteiger partial charge < -0.3 is 5.32 Å². The molecule has 15 heavy (non-hydrogen) atoms. The van der Waals surface area contributed by atoms with E-state index in [9.17, 15) is 4.79 Å². The summed E-state index contributed by atoms with van der Waals surface area (Å²) < 4.78 is 1.93. The molecule has 2 nitrogen and oxygen atoms in total. The van der Waals surface area contributed by atoms with Crippen molar-refractivity contribution in [3.63, 3.8) is 0 Å². The number of amides is 1. The van der Waals surface area contributed by atoms with E-state index in [0.717, 1.165) is 14.5 Å². The summed E-state index contributed by atoms with van der Waals surface area (Å²) in [6, 6.07) is 5.78. The molecule has 0 heterocycles. The standard InChI is InChI=1S/C11H9Br2NO/c1-8(15)14-6-2-3-9-7-10(12)4-5-11(9)13/h4-5,7H,6H2,1H3,(H,14,15). The van der Waals surface area contributed by atoms with Crippen molar-refractivity contribution in [3.05, 3.63) is 32.7 Å². The van der Waals surface area contributed by atoms with Gasteiger partial charge in [-0.1, -0.05) is 27.8 Å². The number of hydrogen-bond donors (Lipinski definition) is 1. The molecule has 0 saturated carbocycles. The summed E-state index contributed by atoms with van der Waals surface area (Å²) in [7, 11) is 0. The molecule has 0 aliphatic rings. The third-order valence-electron chi connectivity index (χ3n) is 1.58. The van der Waals surface area contributed by atoms with Gasteiger partial charge in [-0.25, -0.2) is 0 Å². The lowest BCUT2D eigenvalue weighted by atomic mass is 10.2. The lowest BCUT2D eigenvalue weighted by Crippen LogP contribution is -2.19. The van der Waals surface area contributed by atoms with Crippen LogP contribution in [-0.2, 0) is 4.79 Å². The molecule has 0 fully saturated rings. The van der Waals surface area contributed by atoms with Crippen LogP contribution in [0.4, 0.5) is 0 Å². The monoisotopic (exact) mass is 329 g/mol. The molecular weight excluding hydrogens is 322 g/mol. The highest BCUT2D eigenvalue weighted by Gasteiger charge is 1.96. The van der Waals surface area contributed by atoms with Crippen molar-refractivity contribution in [2.75, 3.05) is 6.54 Å². The molecule has 0 unspecified atom stereocenters. The molecular formula is C11H9Br2NO. The molecule has 0 spiro atoms. The van der Waals surface area contributed by atoms with E-state index in [1.165, 1.54) is 6.92 Å². The molecule has 0 aliphatic heterocycles. The first-order chi connectivity index (χ1) is 7.09. The molecule has 78 valence electrons. The number of nitrogens with one attached hydrogen (secondary N) is 1. The second kappa shape index (κ2) is 5.94. The van der Waals surface area contributed by atoms with Crippen LogP contribution in [-0.4, -0.2) is 12.5 Å². The first-order valence-electron chi connectivity index (χ1n) is 4.28. The molecule has 1 rings (SSSR count). The maximum Gasteiger partial charge on any atom is 0.217 e. The van der Waals surface area contributed by atoms with Crippen LogP contribution in [0.2, 0.25) is 0 Å². The number of rotatable bonds is 1. The van der Waals surface area contributed by atoms with Gasteiger partial charge in [-0.05, 0) is 34.1 Å². The summed E-state index contributed by atoms with van der Waals surface area (Å²) in [5.41, 5.74) is 0.898. The number of hydrogen-bond acceptors (Lipinski definition) is 1. The number of carbonyl (C=O) groups is 1. The van der Waals surface area contributed by atoms with Gasteiger partial charge in [0.2, 0.25) is 5.91 Å². The Morgan fingerprint density at radius 1 is 1.47 bits per heavy atom. The molecule has 0 bridgehead atoms. The highest BCUT2D eigenvalue weighted by Crippen LogP contribution is 2.20. The number of carbonyl (C=O) groups excluding carboxylic acids is 1. The van der Waals surface area contributed by atoms with E-state index in [1.54, 1.807) is 0 Å². The number of halogens is 2. The Hall–Kier alpha value is -0.790. The van der Waals surface area contributed by atoms with E-state index in [4.69, 9.17) is 0 Å². The summed E-state index contributed by atoms with van der Waals surface area (Å²) >= 11 is 6.77. The highest BCUT2D eigenvalue weighted by atomic mass is 79.9. The fourth-order valence-corrected chi connectivity index (χ4v) is 1.61. The van der Waals surface area contributed by atoms with E-state index in [-0.39, 0.29) is 5.91 Å². The van der Waals surface area contributed by atoms with Gasteiger partial charge in [0, 0.05) is 21.4 Å². The van der Waals surface area contributed by atoms with Gasteiger partial charge in [-0.15, -0.1) is 0 Å². The molecule has 1 N–H and O–H groups in total. The summed E-state index contributed by atoms with van der Waals surface area (Å²) in [6.07, 6.45) is 0. The smallest absolute Gasteiger partial charge is 0.217 e. The van der Waals surface area contributed by atoms with Crippen LogP contribution in [0.1, 0.15) is 12.5 Å². The average Bonchev–Trinajstić information content (AvgIpc) is 2.17. The van der Waals surface area contributed by atoms with E-state index in [1.807, 2.05) is 18.2 Å². The van der Waals surface area contributed by atoms with Crippen LogP contribution >= 0.6 is 31.9 Å². The molecule has 0 saturated heterocycles. The van der Waals surface area contributed by atoms with Crippen LogP contribution in [0, 0.1) is 11.8 Å². The van der Waals surface area contributed by atoms with Crippen molar-refractivity contribution in [1.29, 1.82) is 0 Å². The Morgan fingerprint density at radius 3 is 2.87 bits per heavy atom. The molecule has 0 aromatic heterocycles. The maximum atomic E-state index is 10.6. The third kappa shape index (κ3) is 4.50. The molecule has 0 radical (unpaired) electrons. The van der Waals surface area contributed by atoms with Crippen molar-refractivity contribution in [3.8, 4) is 11.8 Å². The topological polar surface area (TPSA) is 29.1 Å². The predicted octanol–water partition coefficient (Wildman–Crippen LogP) is 2.70. The van der Waals surface area contributed by atoms with Gasteiger partial charge in [0.15, 0.2) is 0 Å². The lowest BCUT2D eigenvalue weighted by Gasteiger charge is -1.96. The zero-order valence-corrected chi connectivity index (χ0v) is 11.3. The second-order valence-corrected chi connectivity index (χ2v) is 4.61. The Bertz CT molecular complexity index is 432. The Balaban J connectivity index is 2.71. The fraction of sp³-hybridized carbons (Fsp3) is 0.182. The van der Waals surface area contributed by atoms with E-state index in [2.05, 4.69) is 49.0 Å². The van der Waals surface area contributed by atoms with Crippen molar-refractivity contribution in [2.45, 2.75) is 6.92 Å². The fourth-order valence-electron chi connectivity index (χ4n) is 0.901. The van der Waals surface area contributed by atoms with Crippen LogP contribution in [0.15, 0.2) is 27.1 Å². The van der Waals surface area contributed by atoms with Gasteiger partial charge in [-0.3, -0.25) is 4.79 Å². The summed E-state index contributed by atoms with van der Waals surface area (Å²) in [6.45, 7) is 1.84. The average molecular weight is 331 g/mol. The van der Waals surface area contributed by atoms with Gasteiger partial charge in [0.05, 0.1) is 6.54 Å². The van der Waals surface area contributed by atoms with Crippen molar-refractivity contribution in [1.82, 2.24) is 5.32 Å². The van der Waals surface area contributed by atoms with Crippen molar-refractivity contribution in [2.24, 2.45) is 0 Å². The minimum Gasteiger partial charge on any atom is -0.345 e. The predicted molar refractivity (Wildman–Crippen MR) is 67.4 cm³/mol. The highest BCUT2D eigenvalue weighted by molar-refractivity contribution is 9.11. The Labute approximate surface area is 106 Å². The molecule has 1 aromatic rings. The third-order valence-corrected chi connectivity index (χ3v) is 2.76. The van der Waals surface area contributed by atoms with Gasteiger partial charge in [0.25, 0.3) is 0 Å². The van der Waals surface area contributed by atoms with Crippen LogP contribution in [0.5, 0.6) is 0 Å². The second-order valence-electron chi connectivity index (χ2n) is 2.84. The van der Waals surface area contributed by atoms with Crippen molar-refractivity contribution >= 4 is 37.8 Å². The van der Waals surface area contributed by atoms with E-state index >= 15 is 0 Å². The molecule has 4 heteroatoms. The SMILES string of the molecule is CC(=O)NCC#Cc1cc(Br)ccc1Br. The van der Waals surface area contributed by atoms with Crippen LogP contribution in [0.25, 0.3) is 0 Å². The summed E-state index contributed by atoms with van der Waals surface area (Å²) in [4.78, 5) is 10.6. The quantitative estimate of drug-likeness (QED) is 0.788. The largest absolute Gasteiger partial charge is 0.345 e. The lowest BCUT2D eigenvalue weighted by molar-refractivity contribution is -0.118.